The maximum atomic E-state index is 9.42. The fourth-order valence-corrected chi connectivity index (χ4v) is 1.67. The van der Waals surface area contributed by atoms with Gasteiger partial charge in [0.15, 0.2) is 11.5 Å². The van der Waals surface area contributed by atoms with E-state index >= 15 is 0 Å². The Morgan fingerprint density at radius 1 is 1.16 bits per heavy atom. The summed E-state index contributed by atoms with van der Waals surface area (Å²) in [5, 5.41) is 9.42. The molecule has 1 unspecified atom stereocenters. The Hall–Kier alpha value is -2.07. The van der Waals surface area contributed by atoms with Crippen LogP contribution in [0, 0.1) is 6.92 Å². The molecular formula is C15H17NO3. The van der Waals surface area contributed by atoms with Gasteiger partial charge in [-0.15, -0.1) is 0 Å². The van der Waals surface area contributed by atoms with Gasteiger partial charge in [-0.3, -0.25) is 0 Å². The summed E-state index contributed by atoms with van der Waals surface area (Å²) >= 11 is 0. The number of ether oxygens (including phenoxy) is 2. The van der Waals surface area contributed by atoms with Crippen molar-refractivity contribution in [1.82, 2.24) is 4.98 Å². The molecule has 2 aromatic rings. The minimum Gasteiger partial charge on any atom is -0.493 e. The number of aliphatic hydroxyl groups is 1. The number of hydrogen-bond donors (Lipinski definition) is 1. The van der Waals surface area contributed by atoms with Gasteiger partial charge in [0.25, 0.3) is 0 Å². The van der Waals surface area contributed by atoms with Crippen LogP contribution in [0.25, 0.3) is 0 Å². The highest BCUT2D eigenvalue weighted by Crippen LogP contribution is 2.31. The summed E-state index contributed by atoms with van der Waals surface area (Å²) in [6.45, 7) is 3.68. The van der Waals surface area contributed by atoms with Gasteiger partial charge < -0.3 is 14.6 Å². The lowest BCUT2D eigenvalue weighted by Crippen LogP contribution is -1.95. The van der Waals surface area contributed by atoms with Crippen LogP contribution in [0.15, 0.2) is 36.5 Å². The smallest absolute Gasteiger partial charge is 0.219 e. The van der Waals surface area contributed by atoms with Crippen molar-refractivity contribution in [3.8, 4) is 17.4 Å². The Morgan fingerprint density at radius 2 is 1.95 bits per heavy atom. The number of pyridine rings is 1. The Bertz CT molecular complexity index is 550. The van der Waals surface area contributed by atoms with Gasteiger partial charge in [0.1, 0.15) is 0 Å². The number of rotatable bonds is 4. The fourth-order valence-electron chi connectivity index (χ4n) is 1.67. The molecule has 100 valence electrons. The Balaban J connectivity index is 2.21. The normalized spacial score (nSPS) is 12.0. The molecule has 4 nitrogen and oxygen atoms in total. The summed E-state index contributed by atoms with van der Waals surface area (Å²) in [6, 6.07) is 9.20. The number of aromatic nitrogens is 1. The average Bonchev–Trinajstić information content (AvgIpc) is 2.41. The van der Waals surface area contributed by atoms with E-state index in [2.05, 4.69) is 4.98 Å². The third-order valence-electron chi connectivity index (χ3n) is 2.78. The van der Waals surface area contributed by atoms with Gasteiger partial charge in [0.2, 0.25) is 5.88 Å². The van der Waals surface area contributed by atoms with Crippen molar-refractivity contribution < 1.29 is 14.6 Å². The highest BCUT2D eigenvalue weighted by atomic mass is 16.5. The number of aliphatic hydroxyl groups excluding tert-OH is 1. The summed E-state index contributed by atoms with van der Waals surface area (Å²) in [7, 11) is 1.60. The summed E-state index contributed by atoms with van der Waals surface area (Å²) in [5.74, 6) is 1.75. The number of aryl methyl sites for hydroxylation is 1. The molecule has 1 aromatic heterocycles. The summed E-state index contributed by atoms with van der Waals surface area (Å²) in [6.07, 6.45) is 1.07. The lowest BCUT2D eigenvalue weighted by molar-refractivity contribution is 0.198. The fraction of sp³-hybridized carbons (Fsp3) is 0.267. The van der Waals surface area contributed by atoms with Gasteiger partial charge in [-0.1, -0.05) is 6.07 Å². The zero-order valence-corrected chi connectivity index (χ0v) is 11.3. The maximum absolute atomic E-state index is 9.42. The monoisotopic (exact) mass is 259 g/mol. The number of nitrogens with zero attached hydrogens (tertiary/aromatic N) is 1. The predicted molar refractivity (Wildman–Crippen MR) is 72.7 cm³/mol. The second kappa shape index (κ2) is 5.71. The van der Waals surface area contributed by atoms with Crippen molar-refractivity contribution in [1.29, 1.82) is 0 Å². The zero-order chi connectivity index (χ0) is 13.8. The molecule has 0 aliphatic heterocycles. The van der Waals surface area contributed by atoms with E-state index in [1.54, 1.807) is 32.4 Å². The predicted octanol–water partition coefficient (Wildman–Crippen LogP) is 3.24. The van der Waals surface area contributed by atoms with E-state index in [4.69, 9.17) is 9.47 Å². The lowest BCUT2D eigenvalue weighted by Gasteiger charge is -2.11. The molecule has 1 N–H and O–H groups in total. The molecule has 1 atom stereocenters. The molecule has 0 amide bonds. The van der Waals surface area contributed by atoms with Gasteiger partial charge in [-0.2, -0.15) is 0 Å². The van der Waals surface area contributed by atoms with Crippen molar-refractivity contribution in [3.63, 3.8) is 0 Å². The van der Waals surface area contributed by atoms with E-state index in [1.807, 2.05) is 25.1 Å². The van der Waals surface area contributed by atoms with E-state index in [0.717, 1.165) is 11.1 Å². The molecule has 1 aromatic carbocycles. The van der Waals surface area contributed by atoms with Crippen molar-refractivity contribution in [2.24, 2.45) is 0 Å². The van der Waals surface area contributed by atoms with Crippen LogP contribution in [-0.4, -0.2) is 17.2 Å². The van der Waals surface area contributed by atoms with Gasteiger partial charge in [0.05, 0.1) is 13.2 Å². The Kier molecular flexibility index (Phi) is 4.02. The second-order valence-electron chi connectivity index (χ2n) is 4.36. The SMILES string of the molecule is COc1cc(C)ccc1Oc1ccc(C(C)O)cn1. The molecule has 0 saturated carbocycles. The number of benzene rings is 1. The van der Waals surface area contributed by atoms with E-state index in [-0.39, 0.29) is 0 Å². The molecule has 0 radical (unpaired) electrons. The van der Waals surface area contributed by atoms with E-state index in [1.165, 1.54) is 0 Å². The molecule has 4 heteroatoms. The third kappa shape index (κ3) is 3.23. The number of hydrogen-bond acceptors (Lipinski definition) is 4. The highest BCUT2D eigenvalue weighted by Gasteiger charge is 2.07. The lowest BCUT2D eigenvalue weighted by atomic mass is 10.2. The van der Waals surface area contributed by atoms with Crippen LogP contribution in [0.3, 0.4) is 0 Å². The van der Waals surface area contributed by atoms with Crippen molar-refractivity contribution in [2.45, 2.75) is 20.0 Å². The van der Waals surface area contributed by atoms with Gasteiger partial charge in [-0.05, 0) is 43.2 Å². The molecular weight excluding hydrogens is 242 g/mol. The Labute approximate surface area is 112 Å². The Morgan fingerprint density at radius 3 is 2.53 bits per heavy atom. The summed E-state index contributed by atoms with van der Waals surface area (Å²) in [5.41, 5.74) is 1.85. The minimum absolute atomic E-state index is 0.464. The topological polar surface area (TPSA) is 51.6 Å². The summed E-state index contributed by atoms with van der Waals surface area (Å²) < 4.78 is 10.9. The van der Waals surface area contributed by atoms with Crippen LogP contribution in [-0.2, 0) is 0 Å². The average molecular weight is 259 g/mol. The van der Waals surface area contributed by atoms with Crippen LogP contribution in [0.1, 0.15) is 24.2 Å². The highest BCUT2D eigenvalue weighted by molar-refractivity contribution is 5.44. The van der Waals surface area contributed by atoms with Crippen LogP contribution in [0.5, 0.6) is 17.4 Å². The maximum Gasteiger partial charge on any atom is 0.219 e. The molecule has 0 fully saturated rings. The first-order chi connectivity index (χ1) is 9.10. The zero-order valence-electron chi connectivity index (χ0n) is 11.3. The van der Waals surface area contributed by atoms with Gasteiger partial charge in [0, 0.05) is 12.3 Å². The quantitative estimate of drug-likeness (QED) is 0.915. The number of methoxy groups -OCH3 is 1. The van der Waals surface area contributed by atoms with Gasteiger partial charge in [-0.25, -0.2) is 4.98 Å². The van der Waals surface area contributed by atoms with Crippen LogP contribution in [0.4, 0.5) is 0 Å². The molecule has 0 saturated heterocycles. The van der Waals surface area contributed by atoms with Crippen LogP contribution >= 0.6 is 0 Å². The minimum atomic E-state index is -0.532. The molecule has 0 aliphatic rings. The summed E-state index contributed by atoms with van der Waals surface area (Å²) in [4.78, 5) is 4.16. The van der Waals surface area contributed by atoms with Crippen molar-refractivity contribution >= 4 is 0 Å². The molecule has 0 aliphatic carbocycles. The van der Waals surface area contributed by atoms with Crippen molar-refractivity contribution in [3.05, 3.63) is 47.7 Å². The molecule has 19 heavy (non-hydrogen) atoms. The first kappa shape index (κ1) is 13.4. The van der Waals surface area contributed by atoms with Crippen molar-refractivity contribution in [2.75, 3.05) is 7.11 Å². The molecule has 2 rings (SSSR count). The third-order valence-corrected chi connectivity index (χ3v) is 2.78. The first-order valence-corrected chi connectivity index (χ1v) is 6.06. The molecule has 0 bridgehead atoms. The van der Waals surface area contributed by atoms with E-state index in [9.17, 15) is 5.11 Å². The second-order valence-corrected chi connectivity index (χ2v) is 4.36. The largest absolute Gasteiger partial charge is 0.493 e. The van der Waals surface area contributed by atoms with E-state index in [0.29, 0.717) is 17.4 Å². The molecule has 0 spiro atoms. The van der Waals surface area contributed by atoms with Crippen LogP contribution in [0.2, 0.25) is 0 Å². The first-order valence-electron chi connectivity index (χ1n) is 6.06. The molecule has 1 heterocycles. The van der Waals surface area contributed by atoms with Gasteiger partial charge >= 0.3 is 0 Å². The van der Waals surface area contributed by atoms with E-state index < -0.39 is 6.10 Å². The van der Waals surface area contributed by atoms with Crippen LogP contribution < -0.4 is 9.47 Å². The standard InChI is InChI=1S/C15H17NO3/c1-10-4-6-13(14(8-10)18-3)19-15-7-5-12(9-16-15)11(2)17/h4-9,11,17H,1-3H3.